The standard InChI is InChI=1S/C10H18N4O2S/c1-8(9-2-3-9)13-17(15,16)10-6-12-14(7-10)5-4-11/h6-9,13H,2-5,11H2,1H3. The van der Waals surface area contributed by atoms with E-state index in [2.05, 4.69) is 9.82 Å². The minimum absolute atomic E-state index is 0.00198. The molecule has 1 saturated carbocycles. The van der Waals surface area contributed by atoms with Gasteiger partial charge in [0.15, 0.2) is 0 Å². The van der Waals surface area contributed by atoms with Crippen LogP contribution in [0.5, 0.6) is 0 Å². The van der Waals surface area contributed by atoms with Crippen LogP contribution in [0.3, 0.4) is 0 Å². The van der Waals surface area contributed by atoms with E-state index in [9.17, 15) is 8.42 Å². The van der Waals surface area contributed by atoms with Gasteiger partial charge in [-0.25, -0.2) is 13.1 Å². The number of hydrogen-bond donors (Lipinski definition) is 2. The van der Waals surface area contributed by atoms with E-state index in [1.807, 2.05) is 6.92 Å². The van der Waals surface area contributed by atoms with Crippen LogP contribution in [0, 0.1) is 5.92 Å². The normalized spacial score (nSPS) is 18.2. The minimum atomic E-state index is -3.44. The summed E-state index contributed by atoms with van der Waals surface area (Å²) in [7, 11) is -3.44. The number of sulfonamides is 1. The number of aromatic nitrogens is 2. The van der Waals surface area contributed by atoms with Crippen LogP contribution in [0.15, 0.2) is 17.3 Å². The molecule has 0 aliphatic heterocycles. The molecule has 0 amide bonds. The molecule has 1 aliphatic carbocycles. The van der Waals surface area contributed by atoms with Gasteiger partial charge in [0, 0.05) is 18.8 Å². The Labute approximate surface area is 101 Å². The molecule has 1 heterocycles. The van der Waals surface area contributed by atoms with E-state index >= 15 is 0 Å². The van der Waals surface area contributed by atoms with Crippen LogP contribution in [-0.4, -0.2) is 30.8 Å². The van der Waals surface area contributed by atoms with Gasteiger partial charge in [-0.2, -0.15) is 5.10 Å². The SMILES string of the molecule is CC(NS(=O)(=O)c1cnn(CCN)c1)C1CC1. The summed E-state index contributed by atoms with van der Waals surface area (Å²) < 4.78 is 28.2. The zero-order valence-corrected chi connectivity index (χ0v) is 10.7. The summed E-state index contributed by atoms with van der Waals surface area (Å²) in [5.74, 6) is 0.490. The average molecular weight is 258 g/mol. The molecule has 96 valence electrons. The molecule has 1 unspecified atom stereocenters. The summed E-state index contributed by atoms with van der Waals surface area (Å²) in [5.41, 5.74) is 5.38. The van der Waals surface area contributed by atoms with Crippen LogP contribution in [0.1, 0.15) is 19.8 Å². The lowest BCUT2D eigenvalue weighted by Gasteiger charge is -2.11. The van der Waals surface area contributed by atoms with Gasteiger partial charge in [0.05, 0.1) is 12.7 Å². The van der Waals surface area contributed by atoms with Gasteiger partial charge in [0.1, 0.15) is 4.90 Å². The van der Waals surface area contributed by atoms with E-state index in [4.69, 9.17) is 5.73 Å². The summed E-state index contributed by atoms with van der Waals surface area (Å²) in [6.45, 7) is 2.86. The predicted octanol–water partition coefficient (Wildman–Crippen LogP) is -0.0814. The molecular weight excluding hydrogens is 240 g/mol. The molecular formula is C10H18N4O2S. The Bertz CT molecular complexity index is 478. The highest BCUT2D eigenvalue weighted by molar-refractivity contribution is 7.89. The van der Waals surface area contributed by atoms with Crippen molar-refractivity contribution >= 4 is 10.0 Å². The highest BCUT2D eigenvalue weighted by Crippen LogP contribution is 2.32. The average Bonchev–Trinajstić information content (AvgIpc) is 2.99. The summed E-state index contributed by atoms with van der Waals surface area (Å²) in [5, 5.41) is 3.96. The predicted molar refractivity (Wildman–Crippen MR) is 63.8 cm³/mol. The maximum absolute atomic E-state index is 12.0. The molecule has 1 aromatic rings. The summed E-state index contributed by atoms with van der Waals surface area (Å²) in [6, 6.07) is -0.00198. The van der Waals surface area contributed by atoms with Crippen LogP contribution in [0.25, 0.3) is 0 Å². The van der Waals surface area contributed by atoms with Crippen molar-refractivity contribution in [3.63, 3.8) is 0 Å². The molecule has 2 rings (SSSR count). The second-order valence-corrected chi connectivity index (χ2v) is 6.19. The Morgan fingerprint density at radius 1 is 1.65 bits per heavy atom. The molecule has 17 heavy (non-hydrogen) atoms. The van der Waals surface area contributed by atoms with Gasteiger partial charge in [-0.1, -0.05) is 0 Å². The van der Waals surface area contributed by atoms with Gasteiger partial charge in [0.2, 0.25) is 10.0 Å². The monoisotopic (exact) mass is 258 g/mol. The van der Waals surface area contributed by atoms with Crippen molar-refractivity contribution in [3.8, 4) is 0 Å². The minimum Gasteiger partial charge on any atom is -0.329 e. The summed E-state index contributed by atoms with van der Waals surface area (Å²) in [6.07, 6.45) is 5.08. The second kappa shape index (κ2) is 4.75. The third kappa shape index (κ3) is 3.05. The highest BCUT2D eigenvalue weighted by atomic mass is 32.2. The maximum Gasteiger partial charge on any atom is 0.243 e. The first-order valence-corrected chi connectivity index (χ1v) is 7.26. The Hall–Kier alpha value is -0.920. The van der Waals surface area contributed by atoms with Crippen molar-refractivity contribution in [1.82, 2.24) is 14.5 Å². The van der Waals surface area contributed by atoms with Crippen LogP contribution in [0.4, 0.5) is 0 Å². The van der Waals surface area contributed by atoms with Gasteiger partial charge in [0.25, 0.3) is 0 Å². The van der Waals surface area contributed by atoms with Gasteiger partial charge in [-0.3, -0.25) is 4.68 Å². The molecule has 0 aromatic carbocycles. The lowest BCUT2D eigenvalue weighted by Crippen LogP contribution is -2.33. The van der Waals surface area contributed by atoms with E-state index in [1.165, 1.54) is 17.1 Å². The van der Waals surface area contributed by atoms with Crippen LogP contribution < -0.4 is 10.5 Å². The fourth-order valence-electron chi connectivity index (χ4n) is 1.74. The molecule has 1 fully saturated rings. The van der Waals surface area contributed by atoms with E-state index in [-0.39, 0.29) is 10.9 Å². The topological polar surface area (TPSA) is 90.0 Å². The van der Waals surface area contributed by atoms with E-state index in [0.29, 0.717) is 19.0 Å². The fourth-order valence-corrected chi connectivity index (χ4v) is 3.01. The van der Waals surface area contributed by atoms with Crippen molar-refractivity contribution in [3.05, 3.63) is 12.4 Å². The van der Waals surface area contributed by atoms with Crippen molar-refractivity contribution in [2.75, 3.05) is 6.54 Å². The highest BCUT2D eigenvalue weighted by Gasteiger charge is 2.31. The molecule has 0 bridgehead atoms. The number of rotatable bonds is 6. The van der Waals surface area contributed by atoms with E-state index in [0.717, 1.165) is 12.8 Å². The summed E-state index contributed by atoms with van der Waals surface area (Å²) in [4.78, 5) is 0.207. The molecule has 1 aromatic heterocycles. The number of nitrogens with two attached hydrogens (primary N) is 1. The third-order valence-electron chi connectivity index (χ3n) is 2.95. The Kier molecular flexibility index (Phi) is 3.50. The molecule has 0 radical (unpaired) electrons. The van der Waals surface area contributed by atoms with Crippen molar-refractivity contribution in [2.45, 2.75) is 37.2 Å². The van der Waals surface area contributed by atoms with Crippen molar-refractivity contribution in [2.24, 2.45) is 11.7 Å². The number of hydrogen-bond acceptors (Lipinski definition) is 4. The Morgan fingerprint density at radius 2 is 2.35 bits per heavy atom. The van der Waals surface area contributed by atoms with Crippen molar-refractivity contribution < 1.29 is 8.42 Å². The first-order valence-electron chi connectivity index (χ1n) is 5.78. The third-order valence-corrected chi connectivity index (χ3v) is 4.46. The molecule has 1 atom stereocenters. The second-order valence-electron chi connectivity index (χ2n) is 4.48. The van der Waals surface area contributed by atoms with Gasteiger partial charge in [-0.15, -0.1) is 0 Å². The first-order chi connectivity index (χ1) is 8.03. The lowest BCUT2D eigenvalue weighted by molar-refractivity contribution is 0.537. The van der Waals surface area contributed by atoms with Gasteiger partial charge < -0.3 is 5.73 Å². The van der Waals surface area contributed by atoms with Crippen molar-refractivity contribution in [1.29, 1.82) is 0 Å². The first kappa shape index (κ1) is 12.5. The molecule has 0 spiro atoms. The van der Waals surface area contributed by atoms with E-state index in [1.54, 1.807) is 0 Å². The number of nitrogens with zero attached hydrogens (tertiary/aromatic N) is 2. The molecule has 0 saturated heterocycles. The van der Waals surface area contributed by atoms with Crippen LogP contribution in [0.2, 0.25) is 0 Å². The molecule has 7 heteroatoms. The number of nitrogens with one attached hydrogen (secondary N) is 1. The van der Waals surface area contributed by atoms with Crippen LogP contribution in [-0.2, 0) is 16.6 Å². The van der Waals surface area contributed by atoms with Gasteiger partial charge >= 0.3 is 0 Å². The molecule has 6 nitrogen and oxygen atoms in total. The fraction of sp³-hybridized carbons (Fsp3) is 0.700. The molecule has 1 aliphatic rings. The maximum atomic E-state index is 12.0. The smallest absolute Gasteiger partial charge is 0.243 e. The zero-order chi connectivity index (χ0) is 12.5. The Morgan fingerprint density at radius 3 is 2.94 bits per heavy atom. The zero-order valence-electron chi connectivity index (χ0n) is 9.83. The van der Waals surface area contributed by atoms with E-state index < -0.39 is 10.0 Å². The van der Waals surface area contributed by atoms with Crippen LogP contribution >= 0.6 is 0 Å². The molecule has 3 N–H and O–H groups in total. The quantitative estimate of drug-likeness (QED) is 0.746. The Balaban J connectivity index is 2.07. The largest absolute Gasteiger partial charge is 0.329 e. The summed E-state index contributed by atoms with van der Waals surface area (Å²) >= 11 is 0. The van der Waals surface area contributed by atoms with Gasteiger partial charge in [-0.05, 0) is 25.7 Å². The lowest BCUT2D eigenvalue weighted by atomic mass is 10.2.